The number of thiazole rings is 2. The van der Waals surface area contributed by atoms with Crippen LogP contribution in [0.3, 0.4) is 0 Å². The molecule has 1 fully saturated rings. The van der Waals surface area contributed by atoms with E-state index in [2.05, 4.69) is 41.5 Å². The van der Waals surface area contributed by atoms with Crippen molar-refractivity contribution >= 4 is 27.8 Å². The number of hydrogen-bond acceptors (Lipinski definition) is 6. The van der Waals surface area contributed by atoms with Crippen LogP contribution in [0.2, 0.25) is 0 Å². The molecule has 21 heavy (non-hydrogen) atoms. The maximum Gasteiger partial charge on any atom is 0.185 e. The molecule has 6 heteroatoms. The molecule has 0 aromatic carbocycles. The predicted octanol–water partition coefficient (Wildman–Crippen LogP) is 3.61. The Morgan fingerprint density at radius 3 is 2.86 bits per heavy atom. The second-order valence-corrected chi connectivity index (χ2v) is 7.73. The lowest BCUT2D eigenvalue weighted by Gasteiger charge is -2.13. The van der Waals surface area contributed by atoms with Gasteiger partial charge in [0, 0.05) is 29.9 Å². The Bertz CT molecular complexity index is 573. The Morgan fingerprint density at radius 1 is 1.43 bits per heavy atom. The molecule has 114 valence electrons. The van der Waals surface area contributed by atoms with Crippen molar-refractivity contribution in [2.75, 3.05) is 11.9 Å². The van der Waals surface area contributed by atoms with Gasteiger partial charge in [-0.3, -0.25) is 0 Å². The van der Waals surface area contributed by atoms with Crippen molar-refractivity contribution in [2.24, 2.45) is 0 Å². The van der Waals surface area contributed by atoms with E-state index < -0.39 is 0 Å². The Balaban J connectivity index is 1.72. The molecule has 1 aliphatic rings. The van der Waals surface area contributed by atoms with Crippen molar-refractivity contribution in [1.29, 1.82) is 0 Å². The van der Waals surface area contributed by atoms with Crippen LogP contribution >= 0.6 is 22.7 Å². The highest BCUT2D eigenvalue weighted by atomic mass is 32.1. The van der Waals surface area contributed by atoms with Crippen molar-refractivity contribution < 1.29 is 0 Å². The first-order chi connectivity index (χ1) is 10.1. The lowest BCUT2D eigenvalue weighted by atomic mass is 10.1. The van der Waals surface area contributed by atoms with Crippen LogP contribution in [0.25, 0.3) is 0 Å². The molecule has 0 unspecified atom stereocenters. The lowest BCUT2D eigenvalue weighted by molar-refractivity contribution is 0.680. The molecule has 0 saturated heterocycles. The monoisotopic (exact) mass is 322 g/mol. The van der Waals surface area contributed by atoms with Crippen LogP contribution < -0.4 is 10.2 Å². The Labute approximate surface area is 134 Å². The van der Waals surface area contributed by atoms with Crippen LogP contribution in [0.5, 0.6) is 0 Å². The molecule has 0 atom stereocenters. The van der Waals surface area contributed by atoms with Crippen molar-refractivity contribution in [3.8, 4) is 0 Å². The van der Waals surface area contributed by atoms with Gasteiger partial charge in [0.2, 0.25) is 0 Å². The fourth-order valence-electron chi connectivity index (χ4n) is 2.24. The van der Waals surface area contributed by atoms with Crippen molar-refractivity contribution in [3.05, 3.63) is 27.2 Å². The molecular formula is C15H22N4S2. The first kappa shape index (κ1) is 14.9. The molecule has 0 amide bonds. The average Bonchev–Trinajstić information content (AvgIpc) is 2.97. The minimum Gasteiger partial charge on any atom is -0.345 e. The van der Waals surface area contributed by atoms with E-state index in [0.29, 0.717) is 5.92 Å². The average molecular weight is 323 g/mol. The van der Waals surface area contributed by atoms with Crippen LogP contribution in [0.4, 0.5) is 5.13 Å². The smallest absolute Gasteiger partial charge is 0.185 e. The van der Waals surface area contributed by atoms with Crippen LogP contribution in [-0.4, -0.2) is 23.1 Å². The summed E-state index contributed by atoms with van der Waals surface area (Å²) in [7, 11) is 2.10. The molecule has 0 spiro atoms. The van der Waals surface area contributed by atoms with Gasteiger partial charge in [0.1, 0.15) is 0 Å². The fourth-order valence-corrected chi connectivity index (χ4v) is 3.92. The van der Waals surface area contributed by atoms with Crippen LogP contribution in [0.1, 0.15) is 48.9 Å². The quantitative estimate of drug-likeness (QED) is 0.845. The van der Waals surface area contributed by atoms with Gasteiger partial charge < -0.3 is 10.2 Å². The zero-order chi connectivity index (χ0) is 14.8. The maximum atomic E-state index is 4.87. The van der Waals surface area contributed by atoms with E-state index in [9.17, 15) is 0 Å². The molecule has 2 aromatic heterocycles. The lowest BCUT2D eigenvalue weighted by Crippen LogP contribution is -2.16. The Morgan fingerprint density at radius 2 is 2.24 bits per heavy atom. The van der Waals surface area contributed by atoms with E-state index in [4.69, 9.17) is 4.98 Å². The van der Waals surface area contributed by atoms with E-state index in [1.807, 2.05) is 16.8 Å². The van der Waals surface area contributed by atoms with Crippen molar-refractivity contribution in [2.45, 2.75) is 51.7 Å². The topological polar surface area (TPSA) is 41.1 Å². The van der Waals surface area contributed by atoms with Gasteiger partial charge in [-0.15, -0.1) is 22.7 Å². The van der Waals surface area contributed by atoms with Gasteiger partial charge in [-0.1, -0.05) is 13.8 Å². The fraction of sp³-hybridized carbons (Fsp3) is 0.600. The molecule has 4 nitrogen and oxygen atoms in total. The molecule has 1 N–H and O–H groups in total. The first-order valence-corrected chi connectivity index (χ1v) is 9.20. The summed E-state index contributed by atoms with van der Waals surface area (Å²) in [5.74, 6) is 0.471. The Hall–Kier alpha value is -0.980. The number of aromatic nitrogens is 2. The molecule has 0 bridgehead atoms. The summed E-state index contributed by atoms with van der Waals surface area (Å²) in [5, 5.41) is 6.80. The highest BCUT2D eigenvalue weighted by molar-refractivity contribution is 7.15. The van der Waals surface area contributed by atoms with Crippen LogP contribution in [0.15, 0.2) is 10.9 Å². The van der Waals surface area contributed by atoms with Gasteiger partial charge in [-0.2, -0.15) is 0 Å². The summed E-state index contributed by atoms with van der Waals surface area (Å²) in [5.41, 5.74) is 4.24. The highest BCUT2D eigenvalue weighted by Gasteiger charge is 2.22. The molecule has 2 heterocycles. The van der Waals surface area contributed by atoms with Crippen LogP contribution in [0, 0.1) is 0 Å². The molecule has 1 saturated carbocycles. The SMILES string of the molecule is CC(C)c1nc(N(C)Cc2cscn2)sc1CNC1CC1. The third-order valence-electron chi connectivity index (χ3n) is 3.60. The summed E-state index contributed by atoms with van der Waals surface area (Å²) in [4.78, 5) is 12.8. The normalized spacial score (nSPS) is 14.9. The Kier molecular flexibility index (Phi) is 4.57. The predicted molar refractivity (Wildman–Crippen MR) is 90.3 cm³/mol. The van der Waals surface area contributed by atoms with Gasteiger partial charge in [-0.05, 0) is 18.8 Å². The van der Waals surface area contributed by atoms with Crippen LogP contribution in [-0.2, 0) is 13.1 Å². The van der Waals surface area contributed by atoms with E-state index in [1.165, 1.54) is 23.4 Å². The number of anilines is 1. The number of nitrogens with one attached hydrogen (secondary N) is 1. The number of rotatable bonds is 7. The summed E-state index contributed by atoms with van der Waals surface area (Å²) in [6, 6.07) is 0.739. The summed E-state index contributed by atoms with van der Waals surface area (Å²) in [6.07, 6.45) is 2.65. The molecule has 2 aromatic rings. The maximum absolute atomic E-state index is 4.87. The molecular weight excluding hydrogens is 300 g/mol. The summed E-state index contributed by atoms with van der Waals surface area (Å²) in [6.45, 7) is 6.23. The summed E-state index contributed by atoms with van der Waals surface area (Å²) < 4.78 is 0. The standard InChI is InChI=1S/C15H22N4S2/c1-10(2)14-13(6-16-11-4-5-11)21-15(18-14)19(3)7-12-8-20-9-17-12/h8-11,16H,4-7H2,1-3H3. The number of nitrogens with zero attached hydrogens (tertiary/aromatic N) is 3. The van der Waals surface area contributed by atoms with Gasteiger partial charge in [-0.25, -0.2) is 9.97 Å². The minimum atomic E-state index is 0.471. The van der Waals surface area contributed by atoms with Gasteiger partial charge in [0.15, 0.2) is 5.13 Å². The second kappa shape index (κ2) is 6.42. The molecule has 0 aliphatic heterocycles. The van der Waals surface area contributed by atoms with E-state index in [-0.39, 0.29) is 0 Å². The van der Waals surface area contributed by atoms with E-state index >= 15 is 0 Å². The zero-order valence-corrected chi connectivity index (χ0v) is 14.4. The van der Waals surface area contributed by atoms with Crippen molar-refractivity contribution in [1.82, 2.24) is 15.3 Å². The van der Waals surface area contributed by atoms with Gasteiger partial charge in [0.25, 0.3) is 0 Å². The highest BCUT2D eigenvalue weighted by Crippen LogP contribution is 2.31. The van der Waals surface area contributed by atoms with Gasteiger partial charge in [0.05, 0.1) is 23.4 Å². The van der Waals surface area contributed by atoms with Gasteiger partial charge >= 0.3 is 0 Å². The number of hydrogen-bond donors (Lipinski definition) is 1. The third-order valence-corrected chi connectivity index (χ3v) is 5.42. The minimum absolute atomic E-state index is 0.471. The molecule has 0 radical (unpaired) electrons. The van der Waals surface area contributed by atoms with E-state index in [1.54, 1.807) is 11.3 Å². The van der Waals surface area contributed by atoms with E-state index in [0.717, 1.165) is 30.0 Å². The molecule has 3 rings (SSSR count). The molecule has 1 aliphatic carbocycles. The third kappa shape index (κ3) is 3.81. The zero-order valence-electron chi connectivity index (χ0n) is 12.8. The largest absolute Gasteiger partial charge is 0.345 e. The summed E-state index contributed by atoms with van der Waals surface area (Å²) >= 11 is 3.46. The van der Waals surface area contributed by atoms with Crippen molar-refractivity contribution in [3.63, 3.8) is 0 Å². The second-order valence-electron chi connectivity index (χ2n) is 5.95. The first-order valence-electron chi connectivity index (χ1n) is 7.44.